The molecular formula is C9H17NaO3. The Balaban J connectivity index is 0. The molecule has 2 atom stereocenters. The zero-order chi connectivity index (χ0) is 9.72. The van der Waals surface area contributed by atoms with Crippen LogP contribution < -0.4 is 34.7 Å². The van der Waals surface area contributed by atoms with Crippen LogP contribution in [0.25, 0.3) is 0 Å². The van der Waals surface area contributed by atoms with Crippen molar-refractivity contribution in [3.8, 4) is 0 Å². The molecule has 0 bridgehead atoms. The van der Waals surface area contributed by atoms with Crippen LogP contribution in [-0.2, 0) is 4.79 Å². The van der Waals surface area contributed by atoms with Crippen LogP contribution in [0, 0.1) is 11.8 Å². The molecule has 1 N–H and O–H groups in total. The van der Waals surface area contributed by atoms with Gasteiger partial charge in [0.1, 0.15) is 0 Å². The SMILES string of the molecule is CC(C)CC(O)CC(C)C(=O)[O-].[Na+]. The molecule has 0 spiro atoms. The number of aliphatic hydroxyl groups excluding tert-OH is 1. The van der Waals surface area contributed by atoms with E-state index >= 15 is 0 Å². The van der Waals surface area contributed by atoms with Gasteiger partial charge in [-0.1, -0.05) is 20.8 Å². The Morgan fingerprint density at radius 2 is 1.77 bits per heavy atom. The molecule has 0 saturated carbocycles. The third kappa shape index (κ3) is 8.75. The van der Waals surface area contributed by atoms with Crippen LogP contribution >= 0.6 is 0 Å². The van der Waals surface area contributed by atoms with E-state index in [2.05, 4.69) is 0 Å². The summed E-state index contributed by atoms with van der Waals surface area (Å²) in [4.78, 5) is 10.3. The Hall–Kier alpha value is 0.430. The van der Waals surface area contributed by atoms with Gasteiger partial charge in [0.15, 0.2) is 0 Å². The van der Waals surface area contributed by atoms with Crippen molar-refractivity contribution in [2.24, 2.45) is 11.8 Å². The number of aliphatic carboxylic acids is 1. The Bertz CT molecular complexity index is 148. The van der Waals surface area contributed by atoms with Crippen LogP contribution in [0.15, 0.2) is 0 Å². The molecule has 0 aliphatic rings. The van der Waals surface area contributed by atoms with Gasteiger partial charge in [-0.3, -0.25) is 0 Å². The average molecular weight is 196 g/mol. The summed E-state index contributed by atoms with van der Waals surface area (Å²) >= 11 is 0. The summed E-state index contributed by atoms with van der Waals surface area (Å²) in [7, 11) is 0. The van der Waals surface area contributed by atoms with Gasteiger partial charge >= 0.3 is 29.6 Å². The van der Waals surface area contributed by atoms with E-state index in [1.807, 2.05) is 13.8 Å². The summed E-state index contributed by atoms with van der Waals surface area (Å²) in [5, 5.41) is 19.6. The third-order valence-corrected chi connectivity index (χ3v) is 1.77. The van der Waals surface area contributed by atoms with Crippen molar-refractivity contribution < 1.29 is 44.6 Å². The Labute approximate surface area is 102 Å². The first kappa shape index (κ1) is 15.9. The fourth-order valence-corrected chi connectivity index (χ4v) is 1.14. The molecule has 0 aliphatic carbocycles. The van der Waals surface area contributed by atoms with E-state index in [-0.39, 0.29) is 29.6 Å². The molecule has 0 saturated heterocycles. The Morgan fingerprint density at radius 3 is 2.08 bits per heavy atom. The van der Waals surface area contributed by atoms with Crippen LogP contribution in [0.2, 0.25) is 0 Å². The molecule has 0 heterocycles. The van der Waals surface area contributed by atoms with Crippen LogP contribution in [0.4, 0.5) is 0 Å². The van der Waals surface area contributed by atoms with Crippen LogP contribution in [0.3, 0.4) is 0 Å². The molecule has 0 fully saturated rings. The fraction of sp³-hybridized carbons (Fsp3) is 0.889. The van der Waals surface area contributed by atoms with E-state index in [0.717, 1.165) is 0 Å². The summed E-state index contributed by atoms with van der Waals surface area (Å²) < 4.78 is 0. The molecule has 13 heavy (non-hydrogen) atoms. The van der Waals surface area contributed by atoms with Gasteiger partial charge in [-0.05, 0) is 24.7 Å². The molecule has 0 aromatic carbocycles. The zero-order valence-electron chi connectivity index (χ0n) is 8.91. The second-order valence-corrected chi connectivity index (χ2v) is 3.74. The first-order valence-corrected chi connectivity index (χ1v) is 4.32. The van der Waals surface area contributed by atoms with Gasteiger partial charge in [-0.2, -0.15) is 0 Å². The summed E-state index contributed by atoms with van der Waals surface area (Å²) in [5.74, 6) is -1.24. The number of aliphatic hydroxyl groups is 1. The van der Waals surface area contributed by atoms with Crippen LogP contribution in [0.5, 0.6) is 0 Å². The van der Waals surface area contributed by atoms with Crippen molar-refractivity contribution >= 4 is 5.97 Å². The largest absolute Gasteiger partial charge is 1.00 e. The van der Waals surface area contributed by atoms with Gasteiger partial charge in [0, 0.05) is 5.97 Å². The zero-order valence-corrected chi connectivity index (χ0v) is 10.9. The normalized spacial score (nSPS) is 14.8. The number of hydrogen-bond donors (Lipinski definition) is 1. The molecule has 72 valence electrons. The Kier molecular flexibility index (Phi) is 9.53. The van der Waals surface area contributed by atoms with E-state index in [4.69, 9.17) is 0 Å². The quantitative estimate of drug-likeness (QED) is 0.482. The number of carboxylic acids is 1. The molecule has 0 radical (unpaired) electrons. The summed E-state index contributed by atoms with van der Waals surface area (Å²) in [5.41, 5.74) is 0. The number of carbonyl (C=O) groups excluding carboxylic acids is 1. The predicted molar refractivity (Wildman–Crippen MR) is 44.2 cm³/mol. The van der Waals surface area contributed by atoms with E-state index in [1.54, 1.807) is 6.92 Å². The molecular weight excluding hydrogens is 179 g/mol. The number of rotatable bonds is 5. The molecule has 0 amide bonds. The van der Waals surface area contributed by atoms with E-state index in [1.165, 1.54) is 0 Å². The number of hydrogen-bond acceptors (Lipinski definition) is 3. The van der Waals surface area contributed by atoms with Gasteiger partial charge in [0.2, 0.25) is 0 Å². The predicted octanol–water partition coefficient (Wildman–Crippen LogP) is -2.83. The van der Waals surface area contributed by atoms with Crippen molar-refractivity contribution in [1.29, 1.82) is 0 Å². The van der Waals surface area contributed by atoms with Gasteiger partial charge in [-0.25, -0.2) is 0 Å². The minimum absolute atomic E-state index is 0. The molecule has 3 nitrogen and oxygen atoms in total. The third-order valence-electron chi connectivity index (χ3n) is 1.77. The maximum atomic E-state index is 10.3. The molecule has 0 aromatic rings. The molecule has 4 heteroatoms. The van der Waals surface area contributed by atoms with E-state index in [9.17, 15) is 15.0 Å². The minimum atomic E-state index is -1.09. The summed E-state index contributed by atoms with van der Waals surface area (Å²) in [6.45, 7) is 5.54. The molecule has 2 unspecified atom stereocenters. The first-order chi connectivity index (χ1) is 5.43. The van der Waals surface area contributed by atoms with Gasteiger partial charge in [-0.15, -0.1) is 0 Å². The second kappa shape index (κ2) is 7.80. The smallest absolute Gasteiger partial charge is 0.550 e. The van der Waals surface area contributed by atoms with Gasteiger partial charge < -0.3 is 15.0 Å². The summed E-state index contributed by atoms with van der Waals surface area (Å²) in [6, 6.07) is 0. The molecule has 0 aromatic heterocycles. The monoisotopic (exact) mass is 196 g/mol. The molecule has 0 rings (SSSR count). The van der Waals surface area contributed by atoms with E-state index < -0.39 is 18.0 Å². The minimum Gasteiger partial charge on any atom is -0.550 e. The van der Waals surface area contributed by atoms with Gasteiger partial charge in [0.05, 0.1) is 6.10 Å². The summed E-state index contributed by atoms with van der Waals surface area (Å²) in [6.07, 6.45) is 0.427. The van der Waals surface area contributed by atoms with Crippen molar-refractivity contribution in [3.05, 3.63) is 0 Å². The van der Waals surface area contributed by atoms with Crippen molar-refractivity contribution in [2.75, 3.05) is 0 Å². The topological polar surface area (TPSA) is 60.4 Å². The second-order valence-electron chi connectivity index (χ2n) is 3.74. The van der Waals surface area contributed by atoms with Gasteiger partial charge in [0.25, 0.3) is 0 Å². The van der Waals surface area contributed by atoms with Crippen LogP contribution in [-0.4, -0.2) is 17.2 Å². The fourth-order valence-electron chi connectivity index (χ4n) is 1.14. The number of carbonyl (C=O) groups is 1. The maximum Gasteiger partial charge on any atom is 1.00 e. The van der Waals surface area contributed by atoms with Crippen molar-refractivity contribution in [1.82, 2.24) is 0 Å². The Morgan fingerprint density at radius 1 is 1.31 bits per heavy atom. The van der Waals surface area contributed by atoms with E-state index in [0.29, 0.717) is 18.8 Å². The van der Waals surface area contributed by atoms with Crippen LogP contribution in [0.1, 0.15) is 33.6 Å². The number of carboxylic acid groups (broad SMARTS) is 1. The standard InChI is InChI=1S/C9H18O3.Na/c1-6(2)4-8(10)5-7(3)9(11)12;/h6-8,10H,4-5H2,1-3H3,(H,11,12);/q;+1/p-1. The average Bonchev–Trinajstić information content (AvgIpc) is 1.84. The van der Waals surface area contributed by atoms with Crippen molar-refractivity contribution in [3.63, 3.8) is 0 Å². The first-order valence-electron chi connectivity index (χ1n) is 4.32. The van der Waals surface area contributed by atoms with Crippen molar-refractivity contribution in [2.45, 2.75) is 39.7 Å². The molecule has 0 aliphatic heterocycles. The maximum absolute atomic E-state index is 10.3.